The standard InChI is InChI=1S/C13H11F3O5/c14-13(15,16)21-12(19)10(17)6-7-11(18)20-8-9-4-2-1-3-5-9/h1-5H,6-8H2. The van der Waals surface area contributed by atoms with Crippen LogP contribution in [0, 0.1) is 0 Å². The van der Waals surface area contributed by atoms with Crippen LogP contribution in [0.3, 0.4) is 0 Å². The van der Waals surface area contributed by atoms with Gasteiger partial charge in [0.1, 0.15) is 6.61 Å². The van der Waals surface area contributed by atoms with E-state index in [1.165, 1.54) is 0 Å². The Balaban J connectivity index is 2.29. The Morgan fingerprint density at radius 3 is 2.19 bits per heavy atom. The first-order valence-corrected chi connectivity index (χ1v) is 5.80. The summed E-state index contributed by atoms with van der Waals surface area (Å²) < 4.78 is 42.8. The summed E-state index contributed by atoms with van der Waals surface area (Å²) >= 11 is 0. The second-order valence-corrected chi connectivity index (χ2v) is 3.90. The fraction of sp³-hybridized carbons (Fsp3) is 0.308. The van der Waals surface area contributed by atoms with Crippen LogP contribution < -0.4 is 0 Å². The van der Waals surface area contributed by atoms with Crippen LogP contribution in [-0.4, -0.2) is 24.1 Å². The van der Waals surface area contributed by atoms with Gasteiger partial charge in [0.25, 0.3) is 0 Å². The predicted octanol–water partition coefficient (Wildman–Crippen LogP) is 2.14. The van der Waals surface area contributed by atoms with Gasteiger partial charge in [0.05, 0.1) is 6.42 Å². The second-order valence-electron chi connectivity index (χ2n) is 3.90. The lowest BCUT2D eigenvalue weighted by molar-refractivity contribution is -0.303. The Bertz CT molecular complexity index is 510. The topological polar surface area (TPSA) is 69.7 Å². The summed E-state index contributed by atoms with van der Waals surface area (Å²) in [5.74, 6) is -4.28. The molecule has 0 heterocycles. The number of halogens is 3. The number of ketones is 1. The van der Waals surface area contributed by atoms with Gasteiger partial charge in [-0.2, -0.15) is 0 Å². The summed E-state index contributed by atoms with van der Waals surface area (Å²) in [5, 5.41) is 0. The van der Waals surface area contributed by atoms with Gasteiger partial charge in [-0.3, -0.25) is 9.59 Å². The van der Waals surface area contributed by atoms with Gasteiger partial charge in [-0.05, 0) is 5.56 Å². The number of rotatable bonds is 6. The third kappa shape index (κ3) is 7.09. The van der Waals surface area contributed by atoms with Crippen LogP contribution in [0.25, 0.3) is 0 Å². The number of hydrogen-bond acceptors (Lipinski definition) is 5. The molecule has 114 valence electrons. The second kappa shape index (κ2) is 7.41. The summed E-state index contributed by atoms with van der Waals surface area (Å²) in [5.41, 5.74) is 0.716. The highest BCUT2D eigenvalue weighted by molar-refractivity contribution is 6.33. The van der Waals surface area contributed by atoms with Gasteiger partial charge in [-0.1, -0.05) is 30.3 Å². The Kier molecular flexibility index (Phi) is 5.89. The quantitative estimate of drug-likeness (QED) is 0.595. The van der Waals surface area contributed by atoms with Crippen molar-refractivity contribution in [2.24, 2.45) is 0 Å². The molecule has 0 spiro atoms. The number of esters is 2. The number of benzene rings is 1. The zero-order chi connectivity index (χ0) is 15.9. The summed E-state index contributed by atoms with van der Waals surface area (Å²) in [6.07, 6.45) is -6.43. The van der Waals surface area contributed by atoms with Crippen molar-refractivity contribution in [3.63, 3.8) is 0 Å². The molecular weight excluding hydrogens is 293 g/mol. The van der Waals surface area contributed by atoms with Gasteiger partial charge < -0.3 is 9.47 Å². The van der Waals surface area contributed by atoms with Crippen molar-refractivity contribution in [1.29, 1.82) is 0 Å². The average molecular weight is 304 g/mol. The molecule has 0 aliphatic carbocycles. The first-order chi connectivity index (χ1) is 9.78. The number of carbonyl (C=O) groups excluding carboxylic acids is 3. The third-order valence-corrected chi connectivity index (χ3v) is 2.23. The number of alkyl halides is 3. The van der Waals surface area contributed by atoms with E-state index in [9.17, 15) is 27.6 Å². The Morgan fingerprint density at radius 2 is 1.62 bits per heavy atom. The molecule has 0 N–H and O–H groups in total. The number of ether oxygens (including phenoxy) is 2. The first-order valence-electron chi connectivity index (χ1n) is 5.80. The fourth-order valence-corrected chi connectivity index (χ4v) is 1.29. The van der Waals surface area contributed by atoms with Crippen LogP contribution in [0.15, 0.2) is 30.3 Å². The maximum absolute atomic E-state index is 11.7. The maximum atomic E-state index is 11.7. The molecule has 0 unspecified atom stereocenters. The summed E-state index contributed by atoms with van der Waals surface area (Å²) in [6, 6.07) is 8.66. The molecule has 0 aromatic heterocycles. The molecule has 0 aliphatic heterocycles. The van der Waals surface area contributed by atoms with Crippen molar-refractivity contribution >= 4 is 17.7 Å². The lowest BCUT2D eigenvalue weighted by Crippen LogP contribution is -2.26. The van der Waals surface area contributed by atoms with Crippen LogP contribution in [0.5, 0.6) is 0 Å². The van der Waals surface area contributed by atoms with Crippen molar-refractivity contribution in [3.05, 3.63) is 35.9 Å². The molecule has 0 saturated heterocycles. The molecule has 0 bridgehead atoms. The Hall–Kier alpha value is -2.38. The molecular formula is C13H11F3O5. The smallest absolute Gasteiger partial charge is 0.461 e. The summed E-state index contributed by atoms with van der Waals surface area (Å²) in [7, 11) is 0. The molecule has 0 amide bonds. The number of hydrogen-bond donors (Lipinski definition) is 0. The highest BCUT2D eigenvalue weighted by atomic mass is 19.4. The van der Waals surface area contributed by atoms with Gasteiger partial charge in [-0.15, -0.1) is 13.2 Å². The fourth-order valence-electron chi connectivity index (χ4n) is 1.29. The zero-order valence-corrected chi connectivity index (χ0v) is 10.7. The zero-order valence-electron chi connectivity index (χ0n) is 10.7. The maximum Gasteiger partial charge on any atom is 0.575 e. The van der Waals surface area contributed by atoms with Crippen molar-refractivity contribution in [3.8, 4) is 0 Å². The lowest BCUT2D eigenvalue weighted by atomic mass is 10.2. The minimum atomic E-state index is -5.22. The third-order valence-electron chi connectivity index (χ3n) is 2.23. The number of Topliss-reactive ketones (excluding diaryl/α,β-unsaturated/α-hetero) is 1. The molecule has 0 aliphatic rings. The normalized spacial score (nSPS) is 10.8. The molecule has 1 aromatic carbocycles. The van der Waals surface area contributed by atoms with E-state index >= 15 is 0 Å². The van der Waals surface area contributed by atoms with Crippen molar-refractivity contribution in [1.82, 2.24) is 0 Å². The Labute approximate surface area is 117 Å². The minimum Gasteiger partial charge on any atom is -0.461 e. The monoisotopic (exact) mass is 304 g/mol. The molecule has 8 heteroatoms. The molecule has 0 fully saturated rings. The van der Waals surface area contributed by atoms with Gasteiger partial charge in [0.15, 0.2) is 0 Å². The summed E-state index contributed by atoms with van der Waals surface area (Å²) in [4.78, 5) is 33.0. The van der Waals surface area contributed by atoms with E-state index in [2.05, 4.69) is 4.74 Å². The summed E-state index contributed by atoms with van der Waals surface area (Å²) in [6.45, 7) is -0.0269. The van der Waals surface area contributed by atoms with E-state index < -0.39 is 36.9 Å². The molecule has 0 radical (unpaired) electrons. The minimum absolute atomic E-state index is 0.0269. The van der Waals surface area contributed by atoms with Crippen molar-refractivity contribution in [2.75, 3.05) is 0 Å². The van der Waals surface area contributed by atoms with Gasteiger partial charge in [0.2, 0.25) is 5.78 Å². The van der Waals surface area contributed by atoms with Crippen LogP contribution in [-0.2, 0) is 30.5 Å². The van der Waals surface area contributed by atoms with Crippen LogP contribution in [0.2, 0.25) is 0 Å². The first kappa shape index (κ1) is 16.7. The van der Waals surface area contributed by atoms with E-state index in [1.54, 1.807) is 30.3 Å². The van der Waals surface area contributed by atoms with E-state index in [0.29, 0.717) is 5.56 Å². The van der Waals surface area contributed by atoms with Crippen molar-refractivity contribution in [2.45, 2.75) is 25.8 Å². The molecule has 1 rings (SSSR count). The number of carbonyl (C=O) groups is 3. The van der Waals surface area contributed by atoms with Crippen LogP contribution in [0.4, 0.5) is 13.2 Å². The lowest BCUT2D eigenvalue weighted by Gasteiger charge is -2.06. The van der Waals surface area contributed by atoms with Crippen molar-refractivity contribution < 1.29 is 37.0 Å². The Morgan fingerprint density at radius 1 is 1.00 bits per heavy atom. The van der Waals surface area contributed by atoms with Gasteiger partial charge >= 0.3 is 18.3 Å². The molecule has 5 nitrogen and oxygen atoms in total. The van der Waals surface area contributed by atoms with E-state index in [4.69, 9.17) is 4.74 Å². The molecule has 0 saturated carbocycles. The highest BCUT2D eigenvalue weighted by Crippen LogP contribution is 2.16. The average Bonchev–Trinajstić information content (AvgIpc) is 2.41. The predicted molar refractivity (Wildman–Crippen MR) is 62.6 cm³/mol. The van der Waals surface area contributed by atoms with Crippen LogP contribution in [0.1, 0.15) is 18.4 Å². The largest absolute Gasteiger partial charge is 0.575 e. The van der Waals surface area contributed by atoms with E-state index in [-0.39, 0.29) is 6.61 Å². The van der Waals surface area contributed by atoms with Crippen LogP contribution >= 0.6 is 0 Å². The SMILES string of the molecule is O=C(CCC(=O)C(=O)OC(F)(F)F)OCc1ccccc1. The van der Waals surface area contributed by atoms with E-state index in [1.807, 2.05) is 0 Å². The van der Waals surface area contributed by atoms with Gasteiger partial charge in [0, 0.05) is 6.42 Å². The van der Waals surface area contributed by atoms with Gasteiger partial charge in [-0.25, -0.2) is 4.79 Å². The molecule has 21 heavy (non-hydrogen) atoms. The molecule has 1 aromatic rings. The highest BCUT2D eigenvalue weighted by Gasteiger charge is 2.36. The van der Waals surface area contributed by atoms with E-state index in [0.717, 1.165) is 0 Å². The molecule has 0 atom stereocenters.